The number of nitrogens with one attached hydrogen (secondary N) is 1. The van der Waals surface area contributed by atoms with E-state index in [1.54, 1.807) is 32.2 Å². The summed E-state index contributed by atoms with van der Waals surface area (Å²) in [4.78, 5) is 22.8. The largest absolute Gasteiger partial charge is 0.336 e. The smallest absolute Gasteiger partial charge is 0.272 e. The highest BCUT2D eigenvalue weighted by atomic mass is 35.5. The minimum atomic E-state index is -3.07. The number of halogens is 1. The third-order valence-corrected chi connectivity index (χ3v) is 6.35. The summed E-state index contributed by atoms with van der Waals surface area (Å²) in [6.45, 7) is 1.76. The SMILES string of the molecule is Cc1cc(C(=O)N(C)C2CCS(=O)(=O)C2)nc(Nc2ccccc2Cl)n1. The van der Waals surface area contributed by atoms with E-state index in [2.05, 4.69) is 15.3 Å². The van der Waals surface area contributed by atoms with Gasteiger partial charge in [-0.2, -0.15) is 0 Å². The van der Waals surface area contributed by atoms with Gasteiger partial charge in [-0.25, -0.2) is 18.4 Å². The Kier molecular flexibility index (Phi) is 5.15. The molecule has 1 amide bonds. The Bertz CT molecular complexity index is 949. The fraction of sp³-hybridized carbons (Fsp3) is 0.353. The van der Waals surface area contributed by atoms with Crippen molar-refractivity contribution < 1.29 is 13.2 Å². The van der Waals surface area contributed by atoms with Crippen LogP contribution in [0.15, 0.2) is 30.3 Å². The number of carbonyl (C=O) groups excluding carboxylic acids is 1. The van der Waals surface area contributed by atoms with Crippen LogP contribution in [-0.4, -0.2) is 53.8 Å². The molecular weight excluding hydrogens is 376 g/mol. The van der Waals surface area contributed by atoms with Gasteiger partial charge in [-0.15, -0.1) is 0 Å². The van der Waals surface area contributed by atoms with E-state index >= 15 is 0 Å². The predicted octanol–water partition coefficient (Wildman–Crippen LogP) is 2.44. The Morgan fingerprint density at radius 2 is 2.04 bits per heavy atom. The number of benzene rings is 1. The van der Waals surface area contributed by atoms with E-state index in [9.17, 15) is 13.2 Å². The lowest BCUT2D eigenvalue weighted by atomic mass is 10.2. The highest BCUT2D eigenvalue weighted by Gasteiger charge is 2.33. The third kappa shape index (κ3) is 4.13. The van der Waals surface area contributed by atoms with Gasteiger partial charge in [-0.1, -0.05) is 23.7 Å². The van der Waals surface area contributed by atoms with Gasteiger partial charge >= 0.3 is 0 Å². The molecule has 1 atom stereocenters. The molecule has 1 N–H and O–H groups in total. The van der Waals surface area contributed by atoms with Crippen LogP contribution in [0.2, 0.25) is 5.02 Å². The molecular formula is C17H19ClN4O3S. The summed E-state index contributed by atoms with van der Waals surface area (Å²) < 4.78 is 23.3. The molecule has 26 heavy (non-hydrogen) atoms. The number of sulfone groups is 1. The van der Waals surface area contributed by atoms with Gasteiger partial charge in [0.2, 0.25) is 5.95 Å². The normalized spacial score (nSPS) is 18.5. The van der Waals surface area contributed by atoms with Crippen molar-refractivity contribution in [3.05, 3.63) is 46.7 Å². The lowest BCUT2D eigenvalue weighted by Gasteiger charge is -2.23. The molecule has 1 saturated heterocycles. The van der Waals surface area contributed by atoms with Gasteiger partial charge in [-0.3, -0.25) is 4.79 Å². The van der Waals surface area contributed by atoms with Gasteiger partial charge in [-0.05, 0) is 31.5 Å². The zero-order chi connectivity index (χ0) is 18.9. The zero-order valence-electron chi connectivity index (χ0n) is 14.4. The molecule has 0 bridgehead atoms. The highest BCUT2D eigenvalue weighted by Crippen LogP contribution is 2.24. The number of hydrogen-bond donors (Lipinski definition) is 1. The first kappa shape index (κ1) is 18.6. The average molecular weight is 395 g/mol. The first-order valence-electron chi connectivity index (χ1n) is 8.10. The van der Waals surface area contributed by atoms with E-state index < -0.39 is 9.84 Å². The van der Waals surface area contributed by atoms with Crippen molar-refractivity contribution in [1.82, 2.24) is 14.9 Å². The van der Waals surface area contributed by atoms with Crippen LogP contribution < -0.4 is 5.32 Å². The summed E-state index contributed by atoms with van der Waals surface area (Å²) in [7, 11) is -1.47. The second kappa shape index (κ2) is 7.20. The molecule has 1 aliphatic heterocycles. The standard InChI is InChI=1S/C17H19ClN4O3S/c1-11-9-15(16(23)22(2)12-7-8-26(24,25)10-12)21-17(19-11)20-14-6-4-3-5-13(14)18/h3-6,9,12H,7-8,10H2,1-2H3,(H,19,20,21). The van der Waals surface area contributed by atoms with E-state index in [4.69, 9.17) is 11.6 Å². The maximum atomic E-state index is 12.8. The fourth-order valence-electron chi connectivity index (χ4n) is 2.84. The molecule has 2 aromatic rings. The number of rotatable bonds is 4. The summed E-state index contributed by atoms with van der Waals surface area (Å²) in [5.74, 6) is 0.0234. The molecule has 1 aliphatic rings. The minimum absolute atomic E-state index is 0.00988. The molecule has 0 spiro atoms. The van der Waals surface area contributed by atoms with Gasteiger partial charge in [0.1, 0.15) is 5.69 Å². The molecule has 3 rings (SSSR count). The van der Waals surface area contributed by atoms with E-state index in [0.29, 0.717) is 22.8 Å². The molecule has 1 unspecified atom stereocenters. The lowest BCUT2D eigenvalue weighted by Crippen LogP contribution is -2.38. The number of anilines is 2. The van der Waals surface area contributed by atoms with Crippen LogP contribution >= 0.6 is 11.6 Å². The quantitative estimate of drug-likeness (QED) is 0.856. The zero-order valence-corrected chi connectivity index (χ0v) is 16.0. The molecule has 1 aromatic carbocycles. The van der Waals surface area contributed by atoms with Crippen LogP contribution in [-0.2, 0) is 9.84 Å². The second-order valence-corrected chi connectivity index (χ2v) is 8.93. The predicted molar refractivity (Wildman–Crippen MR) is 101 cm³/mol. The summed E-state index contributed by atoms with van der Waals surface area (Å²) in [5, 5.41) is 3.52. The van der Waals surface area contributed by atoms with Crippen molar-refractivity contribution in [3.8, 4) is 0 Å². The molecule has 1 aromatic heterocycles. The number of carbonyl (C=O) groups is 1. The van der Waals surface area contributed by atoms with Gasteiger partial charge < -0.3 is 10.2 Å². The summed E-state index contributed by atoms with van der Waals surface area (Å²) in [5.41, 5.74) is 1.46. The first-order chi connectivity index (χ1) is 12.2. The van der Waals surface area contributed by atoms with Crippen LogP contribution in [0.5, 0.6) is 0 Å². The van der Waals surface area contributed by atoms with Crippen molar-refractivity contribution in [2.75, 3.05) is 23.9 Å². The van der Waals surface area contributed by atoms with Crippen molar-refractivity contribution in [2.24, 2.45) is 0 Å². The average Bonchev–Trinajstić information content (AvgIpc) is 2.95. The molecule has 9 heteroatoms. The van der Waals surface area contributed by atoms with Crippen LogP contribution in [0.25, 0.3) is 0 Å². The molecule has 1 fully saturated rings. The van der Waals surface area contributed by atoms with Gasteiger partial charge in [0.05, 0.1) is 22.2 Å². The van der Waals surface area contributed by atoms with Crippen molar-refractivity contribution in [2.45, 2.75) is 19.4 Å². The fourth-order valence-corrected chi connectivity index (χ4v) is 4.80. The number of amides is 1. The number of aromatic nitrogens is 2. The topological polar surface area (TPSA) is 92.3 Å². The molecule has 138 valence electrons. The summed E-state index contributed by atoms with van der Waals surface area (Å²) in [6.07, 6.45) is 0.444. The monoisotopic (exact) mass is 394 g/mol. The van der Waals surface area contributed by atoms with E-state index in [1.807, 2.05) is 12.1 Å². The van der Waals surface area contributed by atoms with Gasteiger partial charge in [0.25, 0.3) is 5.91 Å². The molecule has 7 nitrogen and oxygen atoms in total. The lowest BCUT2D eigenvalue weighted by molar-refractivity contribution is 0.0741. The van der Waals surface area contributed by atoms with E-state index in [0.717, 1.165) is 0 Å². The number of aryl methyl sites for hydroxylation is 1. The van der Waals surface area contributed by atoms with Crippen LogP contribution in [0.1, 0.15) is 22.6 Å². The van der Waals surface area contributed by atoms with Gasteiger partial charge in [0.15, 0.2) is 9.84 Å². The Hall–Kier alpha value is -2.19. The number of nitrogens with zero attached hydrogens (tertiary/aromatic N) is 3. The molecule has 0 aliphatic carbocycles. The van der Waals surface area contributed by atoms with Crippen LogP contribution in [0, 0.1) is 6.92 Å². The minimum Gasteiger partial charge on any atom is -0.336 e. The molecule has 2 heterocycles. The molecule has 0 radical (unpaired) electrons. The summed E-state index contributed by atoms with van der Waals surface area (Å²) >= 11 is 6.13. The maximum Gasteiger partial charge on any atom is 0.272 e. The first-order valence-corrected chi connectivity index (χ1v) is 10.3. The van der Waals surface area contributed by atoms with Gasteiger partial charge in [0, 0.05) is 18.8 Å². The van der Waals surface area contributed by atoms with Crippen LogP contribution in [0.3, 0.4) is 0 Å². The van der Waals surface area contributed by atoms with Crippen molar-refractivity contribution >= 4 is 39.0 Å². The van der Waals surface area contributed by atoms with E-state index in [1.165, 1.54) is 4.90 Å². The Morgan fingerprint density at radius 1 is 1.31 bits per heavy atom. The Labute approximate surface area is 157 Å². The Morgan fingerprint density at radius 3 is 2.69 bits per heavy atom. The van der Waals surface area contributed by atoms with E-state index in [-0.39, 0.29) is 35.1 Å². The number of para-hydroxylation sites is 1. The Balaban J connectivity index is 1.83. The van der Waals surface area contributed by atoms with Crippen molar-refractivity contribution in [3.63, 3.8) is 0 Å². The van der Waals surface area contributed by atoms with Crippen molar-refractivity contribution in [1.29, 1.82) is 0 Å². The maximum absolute atomic E-state index is 12.8. The highest BCUT2D eigenvalue weighted by molar-refractivity contribution is 7.91. The molecule has 0 saturated carbocycles. The summed E-state index contributed by atoms with van der Waals surface area (Å²) in [6, 6.07) is 8.41. The third-order valence-electron chi connectivity index (χ3n) is 4.27. The second-order valence-electron chi connectivity index (χ2n) is 6.30. The number of hydrogen-bond acceptors (Lipinski definition) is 6. The van der Waals surface area contributed by atoms with Crippen LogP contribution in [0.4, 0.5) is 11.6 Å².